The van der Waals surface area contributed by atoms with Crippen LogP contribution in [0.15, 0.2) is 24.3 Å². The van der Waals surface area contributed by atoms with Crippen LogP contribution < -0.4 is 0 Å². The molecule has 0 fully saturated rings. The molecule has 0 heterocycles. The molecule has 1 aromatic carbocycles. The van der Waals surface area contributed by atoms with Gasteiger partial charge in [-0.05, 0) is 6.07 Å². The van der Waals surface area contributed by atoms with Crippen LogP contribution in [0.4, 0.5) is 110 Å². The summed E-state index contributed by atoms with van der Waals surface area (Å²) in [7, 11) is 0. The summed E-state index contributed by atoms with van der Waals surface area (Å²) in [6.45, 7) is 0. The third-order valence-electron chi connectivity index (χ3n) is 5.35. The van der Waals surface area contributed by atoms with Gasteiger partial charge in [0.2, 0.25) is 0 Å². The highest BCUT2D eigenvalue weighted by molar-refractivity contribution is 5.26. The zero-order valence-electron chi connectivity index (χ0n) is 18.8. The van der Waals surface area contributed by atoms with Crippen LogP contribution in [0.1, 0.15) is 5.56 Å². The second-order valence-corrected chi connectivity index (χ2v) is 8.09. The first-order valence-corrected chi connectivity index (χ1v) is 9.55. The largest absolute Gasteiger partial charge is 0.460 e. The summed E-state index contributed by atoms with van der Waals surface area (Å²) in [5, 5.41) is 0. The molecule has 0 unspecified atom stereocenters. The minimum Gasteiger partial charge on any atom is -0.194 e. The fourth-order valence-corrected chi connectivity index (χ4v) is 2.71. The molecule has 0 aliphatic carbocycles. The summed E-state index contributed by atoms with van der Waals surface area (Å²) < 4.78 is 335. The summed E-state index contributed by atoms with van der Waals surface area (Å²) in [6.07, 6.45) is -8.17. The van der Waals surface area contributed by atoms with Gasteiger partial charge in [0.05, 0.1) is 0 Å². The number of halogens is 25. The van der Waals surface area contributed by atoms with Gasteiger partial charge in [-0.15, -0.1) is 0 Å². The summed E-state index contributed by atoms with van der Waals surface area (Å²) in [5.41, 5.74) is -2.64. The average molecular weight is 695 g/mol. The van der Waals surface area contributed by atoms with Crippen molar-refractivity contribution in [1.29, 1.82) is 0 Å². The number of alkyl halides is 25. The molecule has 25 heteroatoms. The lowest BCUT2D eigenvalue weighted by Gasteiger charge is -2.45. The van der Waals surface area contributed by atoms with Gasteiger partial charge < -0.3 is 0 Å². The van der Waals surface area contributed by atoms with Crippen molar-refractivity contribution in [2.75, 3.05) is 0 Å². The van der Waals surface area contributed by atoms with Crippen LogP contribution in [-0.4, -0.2) is 65.4 Å². The zero-order valence-corrected chi connectivity index (χ0v) is 18.8. The maximum absolute atomic E-state index is 13.9. The van der Waals surface area contributed by atoms with E-state index in [0.29, 0.717) is 6.07 Å². The third kappa shape index (κ3) is 4.54. The zero-order chi connectivity index (χ0) is 35.1. The van der Waals surface area contributed by atoms with Gasteiger partial charge in [0.15, 0.2) is 0 Å². The van der Waals surface area contributed by atoms with Gasteiger partial charge in [0.25, 0.3) is 0 Å². The molecular weight excluding hydrogens is 691 g/mol. The molecule has 0 aliphatic rings. The maximum Gasteiger partial charge on any atom is 0.460 e. The smallest absolute Gasteiger partial charge is 0.194 e. The van der Waals surface area contributed by atoms with Crippen LogP contribution in [0.3, 0.4) is 0 Å². The monoisotopic (exact) mass is 695 g/mol. The number of hydrogen-bond donors (Lipinski definition) is 0. The van der Waals surface area contributed by atoms with E-state index in [9.17, 15) is 110 Å². The minimum atomic E-state index is -9.59. The molecular formula is C18H4F25. The third-order valence-corrected chi connectivity index (χ3v) is 5.35. The molecule has 0 atom stereocenters. The summed E-state index contributed by atoms with van der Waals surface area (Å²) in [5.74, 6) is -98.5. The maximum atomic E-state index is 13.9. The molecule has 0 N–H and O–H groups in total. The van der Waals surface area contributed by atoms with Gasteiger partial charge in [-0.1, -0.05) is 24.3 Å². The predicted octanol–water partition coefficient (Wildman–Crippen LogP) is 9.49. The van der Waals surface area contributed by atoms with Crippen molar-refractivity contribution < 1.29 is 110 Å². The summed E-state index contributed by atoms with van der Waals surface area (Å²) in [4.78, 5) is 0. The molecule has 0 saturated carbocycles. The van der Waals surface area contributed by atoms with E-state index in [0.717, 1.165) is 6.07 Å². The lowest BCUT2D eigenvalue weighted by atomic mass is 9.84. The molecule has 1 aromatic rings. The van der Waals surface area contributed by atoms with E-state index in [4.69, 9.17) is 0 Å². The number of benzene rings is 1. The Hall–Kier alpha value is -2.53. The van der Waals surface area contributed by atoms with E-state index < -0.39 is 76.9 Å². The van der Waals surface area contributed by atoms with Crippen LogP contribution in [0, 0.1) is 6.07 Å². The second-order valence-electron chi connectivity index (χ2n) is 8.09. The Morgan fingerprint density at radius 1 is 0.326 bits per heavy atom. The molecule has 43 heavy (non-hydrogen) atoms. The van der Waals surface area contributed by atoms with Crippen molar-refractivity contribution >= 4 is 0 Å². The van der Waals surface area contributed by atoms with Crippen LogP contribution in [0.25, 0.3) is 0 Å². The van der Waals surface area contributed by atoms with E-state index in [1.54, 1.807) is 0 Å². The summed E-state index contributed by atoms with van der Waals surface area (Å²) in [6, 6.07) is 1.48. The highest BCUT2D eigenvalue weighted by atomic mass is 19.4. The Kier molecular flexibility index (Phi) is 8.71. The van der Waals surface area contributed by atoms with Crippen LogP contribution in [0.2, 0.25) is 0 Å². The first-order chi connectivity index (χ1) is 18.4. The fourth-order valence-electron chi connectivity index (χ4n) is 2.71. The topological polar surface area (TPSA) is 0 Å². The van der Waals surface area contributed by atoms with E-state index >= 15 is 0 Å². The number of hydrogen-bond acceptors (Lipinski definition) is 0. The van der Waals surface area contributed by atoms with Gasteiger partial charge in [-0.25, -0.2) is 0 Å². The highest BCUT2D eigenvalue weighted by Crippen LogP contribution is 2.68. The van der Waals surface area contributed by atoms with Crippen molar-refractivity contribution in [2.24, 2.45) is 0 Å². The molecule has 0 bridgehead atoms. The van der Waals surface area contributed by atoms with E-state index in [1.807, 2.05) is 0 Å². The van der Waals surface area contributed by atoms with Gasteiger partial charge in [-0.2, -0.15) is 110 Å². The lowest BCUT2D eigenvalue weighted by Crippen LogP contribution is -2.78. The quantitative estimate of drug-likeness (QED) is 0.203. The molecule has 1 rings (SSSR count). The SMILES string of the molecule is FC(F)(F)C(F)(F)C(F)(F)C(F)(F)C(F)(F)C(F)(F)C(F)(F)C(F)(F)C(F)(F)C(F)(F)C(F)(F)C(F)(F)c1[c]cccc1. The Balaban J connectivity index is 3.90. The molecule has 0 amide bonds. The molecule has 0 aromatic heterocycles. The van der Waals surface area contributed by atoms with Crippen LogP contribution in [-0.2, 0) is 5.92 Å². The summed E-state index contributed by atoms with van der Waals surface area (Å²) >= 11 is 0. The Labute approximate surface area is 218 Å². The lowest BCUT2D eigenvalue weighted by molar-refractivity contribution is -0.482. The van der Waals surface area contributed by atoms with Crippen molar-refractivity contribution in [3.05, 3.63) is 35.9 Å². The van der Waals surface area contributed by atoms with E-state index in [-0.39, 0.29) is 18.2 Å². The molecule has 0 saturated heterocycles. The second kappa shape index (κ2) is 9.73. The van der Waals surface area contributed by atoms with Crippen molar-refractivity contribution in [3.63, 3.8) is 0 Å². The Morgan fingerprint density at radius 3 is 0.814 bits per heavy atom. The molecule has 0 nitrogen and oxygen atoms in total. The Bertz CT molecular complexity index is 1140. The minimum absolute atomic E-state index is 0.124. The van der Waals surface area contributed by atoms with Crippen LogP contribution >= 0.6 is 0 Å². The Morgan fingerprint density at radius 2 is 0.581 bits per heavy atom. The molecule has 0 spiro atoms. The first-order valence-electron chi connectivity index (χ1n) is 9.55. The molecule has 251 valence electrons. The van der Waals surface area contributed by atoms with Gasteiger partial charge >= 0.3 is 71.3 Å². The number of rotatable bonds is 11. The van der Waals surface area contributed by atoms with E-state index in [2.05, 4.69) is 0 Å². The van der Waals surface area contributed by atoms with Crippen molar-refractivity contribution in [2.45, 2.75) is 71.3 Å². The van der Waals surface area contributed by atoms with Crippen molar-refractivity contribution in [1.82, 2.24) is 0 Å². The predicted molar refractivity (Wildman–Crippen MR) is 84.7 cm³/mol. The standard InChI is InChI=1S/C18H4F25/c19-7(20,6-4-2-1-3-5-6)8(21,22)9(23,24)10(25,26)11(27,28)12(29,30)13(31,32)14(33,34)15(35,36)16(37,38)17(39,40)18(41,42)43/h1-4H. The van der Waals surface area contributed by atoms with E-state index in [1.165, 1.54) is 0 Å². The van der Waals surface area contributed by atoms with Gasteiger partial charge in [0.1, 0.15) is 0 Å². The normalized spacial score (nSPS) is 16.5. The van der Waals surface area contributed by atoms with Gasteiger partial charge in [-0.3, -0.25) is 0 Å². The van der Waals surface area contributed by atoms with Crippen LogP contribution in [0.5, 0.6) is 0 Å². The molecule has 0 aliphatic heterocycles. The average Bonchev–Trinajstić information content (AvgIpc) is 2.82. The fraction of sp³-hybridized carbons (Fsp3) is 0.667. The molecule has 1 radical (unpaired) electrons. The van der Waals surface area contributed by atoms with Crippen molar-refractivity contribution in [3.8, 4) is 0 Å². The first kappa shape index (κ1) is 38.5. The van der Waals surface area contributed by atoms with Gasteiger partial charge in [0, 0.05) is 5.56 Å². The highest BCUT2D eigenvalue weighted by Gasteiger charge is 2.99.